The molecule has 3 amide bonds. The molecule has 2 fully saturated rings. The quantitative estimate of drug-likeness (QED) is 0.553. The molecule has 7 nitrogen and oxygen atoms in total. The molecule has 1 heterocycles. The third-order valence-electron chi connectivity index (χ3n) is 5.02. The molecular weight excluding hydrogens is 322 g/mol. The molecule has 7 heteroatoms. The fraction of sp³-hybridized carbons (Fsp3) is 0.889. The number of carbonyl (C=O) groups is 2. The molecule has 0 bridgehead atoms. The van der Waals surface area contributed by atoms with Crippen molar-refractivity contribution in [2.45, 2.75) is 83.1 Å². The van der Waals surface area contributed by atoms with Gasteiger partial charge in [0, 0.05) is 18.5 Å². The van der Waals surface area contributed by atoms with Gasteiger partial charge in [-0.25, -0.2) is 4.79 Å². The Kier molecular flexibility index (Phi) is 7.96. The lowest BCUT2D eigenvalue weighted by Gasteiger charge is -2.36. The van der Waals surface area contributed by atoms with Gasteiger partial charge in [-0.05, 0) is 46.0 Å². The number of amides is 3. The van der Waals surface area contributed by atoms with Crippen molar-refractivity contribution in [3.05, 3.63) is 0 Å². The second kappa shape index (κ2) is 9.97. The van der Waals surface area contributed by atoms with Crippen LogP contribution in [0.4, 0.5) is 4.79 Å². The van der Waals surface area contributed by atoms with E-state index in [-0.39, 0.29) is 42.7 Å². The summed E-state index contributed by atoms with van der Waals surface area (Å²) < 4.78 is 5.92. The standard InChI is InChI=1S/C18H33N3O4/c1-12(2)20-18(24)21-15-8-7-14(25-16(15)11-22)9-10-19-17(23)13-5-3-4-6-13/h12-16,22H,3-11H2,1-2H3,(H,19,23)(H2,20,21,24)/t14-,15-,16-/m0/s1. The molecule has 1 aliphatic carbocycles. The fourth-order valence-corrected chi connectivity index (χ4v) is 3.67. The minimum atomic E-state index is -0.401. The lowest BCUT2D eigenvalue weighted by atomic mass is 9.97. The van der Waals surface area contributed by atoms with Crippen LogP contribution in [-0.2, 0) is 9.53 Å². The number of rotatable bonds is 7. The highest BCUT2D eigenvalue weighted by atomic mass is 16.5. The Morgan fingerprint density at radius 3 is 2.52 bits per heavy atom. The van der Waals surface area contributed by atoms with Crippen molar-refractivity contribution in [3.63, 3.8) is 0 Å². The normalized spacial score (nSPS) is 27.3. The monoisotopic (exact) mass is 355 g/mol. The van der Waals surface area contributed by atoms with Gasteiger partial charge in [-0.2, -0.15) is 0 Å². The van der Waals surface area contributed by atoms with Crippen molar-refractivity contribution in [2.24, 2.45) is 5.92 Å². The lowest BCUT2D eigenvalue weighted by molar-refractivity contribution is -0.125. The molecule has 0 aromatic rings. The fourth-order valence-electron chi connectivity index (χ4n) is 3.67. The number of ether oxygens (including phenoxy) is 1. The molecule has 1 saturated carbocycles. The predicted octanol–water partition coefficient (Wildman–Crippen LogP) is 1.30. The number of aliphatic hydroxyl groups is 1. The van der Waals surface area contributed by atoms with Crippen molar-refractivity contribution in [3.8, 4) is 0 Å². The summed E-state index contributed by atoms with van der Waals surface area (Å²) in [6, 6.07) is -0.356. The van der Waals surface area contributed by atoms with E-state index >= 15 is 0 Å². The van der Waals surface area contributed by atoms with Crippen LogP contribution in [0.15, 0.2) is 0 Å². The maximum atomic E-state index is 12.0. The summed E-state index contributed by atoms with van der Waals surface area (Å²) in [7, 11) is 0. The van der Waals surface area contributed by atoms with Gasteiger partial charge in [0.2, 0.25) is 5.91 Å². The van der Waals surface area contributed by atoms with Crippen LogP contribution in [0.3, 0.4) is 0 Å². The van der Waals surface area contributed by atoms with Crippen LogP contribution < -0.4 is 16.0 Å². The number of aliphatic hydroxyl groups excluding tert-OH is 1. The van der Waals surface area contributed by atoms with E-state index in [4.69, 9.17) is 4.74 Å². The van der Waals surface area contributed by atoms with Crippen molar-refractivity contribution in [1.29, 1.82) is 0 Å². The Hall–Kier alpha value is -1.34. The van der Waals surface area contributed by atoms with Crippen LogP contribution in [0, 0.1) is 5.92 Å². The van der Waals surface area contributed by atoms with E-state index in [1.165, 1.54) is 0 Å². The Morgan fingerprint density at radius 1 is 1.16 bits per heavy atom. The highest BCUT2D eigenvalue weighted by Gasteiger charge is 2.32. The van der Waals surface area contributed by atoms with Crippen molar-refractivity contribution >= 4 is 11.9 Å². The highest BCUT2D eigenvalue weighted by molar-refractivity contribution is 5.78. The molecule has 0 unspecified atom stereocenters. The molecular formula is C18H33N3O4. The summed E-state index contributed by atoms with van der Waals surface area (Å²) >= 11 is 0. The Balaban J connectivity index is 1.69. The molecule has 2 aliphatic rings. The molecule has 4 N–H and O–H groups in total. The molecule has 144 valence electrons. The van der Waals surface area contributed by atoms with E-state index < -0.39 is 6.10 Å². The topological polar surface area (TPSA) is 99.7 Å². The van der Waals surface area contributed by atoms with Crippen LogP contribution in [0.25, 0.3) is 0 Å². The van der Waals surface area contributed by atoms with Gasteiger partial charge in [0.1, 0.15) is 6.10 Å². The second-order valence-electron chi connectivity index (χ2n) is 7.50. The Labute approximate surface area is 150 Å². The number of nitrogens with one attached hydrogen (secondary N) is 3. The van der Waals surface area contributed by atoms with Crippen molar-refractivity contribution < 1.29 is 19.4 Å². The van der Waals surface area contributed by atoms with Crippen LogP contribution in [0.2, 0.25) is 0 Å². The van der Waals surface area contributed by atoms with E-state index in [2.05, 4.69) is 16.0 Å². The minimum absolute atomic E-state index is 0.00670. The van der Waals surface area contributed by atoms with Gasteiger partial charge in [0.25, 0.3) is 0 Å². The van der Waals surface area contributed by atoms with E-state index in [0.717, 1.165) is 44.9 Å². The van der Waals surface area contributed by atoms with Gasteiger partial charge in [0.05, 0.1) is 18.8 Å². The van der Waals surface area contributed by atoms with Crippen LogP contribution in [-0.4, -0.2) is 54.5 Å². The molecule has 1 saturated heterocycles. The predicted molar refractivity (Wildman–Crippen MR) is 95.2 cm³/mol. The van der Waals surface area contributed by atoms with Gasteiger partial charge in [0.15, 0.2) is 0 Å². The SMILES string of the molecule is CC(C)NC(=O)N[C@H]1CC[C@@H](CCNC(=O)C2CCCC2)O[C@H]1CO. The summed E-state index contributed by atoms with van der Waals surface area (Å²) in [5.41, 5.74) is 0. The lowest BCUT2D eigenvalue weighted by Crippen LogP contribution is -2.54. The zero-order valence-corrected chi connectivity index (χ0v) is 15.4. The Bertz CT molecular complexity index is 438. The molecule has 1 aliphatic heterocycles. The average Bonchev–Trinajstić information content (AvgIpc) is 3.09. The summed E-state index contributed by atoms with van der Waals surface area (Å²) in [6.07, 6.45) is 6.23. The van der Waals surface area contributed by atoms with Gasteiger partial charge in [-0.3, -0.25) is 4.79 Å². The number of carbonyl (C=O) groups excluding carboxylic acids is 2. The summed E-state index contributed by atoms with van der Waals surface area (Å²) in [4.78, 5) is 23.9. The molecule has 0 aromatic carbocycles. The zero-order valence-electron chi connectivity index (χ0n) is 15.4. The van der Waals surface area contributed by atoms with Crippen LogP contribution in [0.5, 0.6) is 0 Å². The van der Waals surface area contributed by atoms with Crippen LogP contribution in [0.1, 0.15) is 58.8 Å². The van der Waals surface area contributed by atoms with Crippen LogP contribution >= 0.6 is 0 Å². The highest BCUT2D eigenvalue weighted by Crippen LogP contribution is 2.25. The van der Waals surface area contributed by atoms with Gasteiger partial charge in [-0.15, -0.1) is 0 Å². The smallest absolute Gasteiger partial charge is 0.315 e. The van der Waals surface area contributed by atoms with E-state index in [9.17, 15) is 14.7 Å². The minimum Gasteiger partial charge on any atom is -0.394 e. The molecule has 3 atom stereocenters. The largest absolute Gasteiger partial charge is 0.394 e. The summed E-state index contributed by atoms with van der Waals surface area (Å²) in [5, 5.41) is 18.2. The number of hydrogen-bond donors (Lipinski definition) is 4. The third kappa shape index (κ3) is 6.47. The Morgan fingerprint density at radius 2 is 1.88 bits per heavy atom. The van der Waals surface area contributed by atoms with Gasteiger partial charge >= 0.3 is 6.03 Å². The summed E-state index contributed by atoms with van der Waals surface area (Å²) in [6.45, 7) is 4.27. The average molecular weight is 355 g/mol. The van der Waals surface area contributed by atoms with Crippen molar-refractivity contribution in [2.75, 3.05) is 13.2 Å². The number of urea groups is 1. The molecule has 0 aromatic heterocycles. The zero-order chi connectivity index (χ0) is 18.2. The molecule has 0 spiro atoms. The first-order valence-corrected chi connectivity index (χ1v) is 9.60. The van der Waals surface area contributed by atoms with Gasteiger partial charge in [-0.1, -0.05) is 12.8 Å². The first-order valence-electron chi connectivity index (χ1n) is 9.60. The first kappa shape index (κ1) is 20.0. The maximum Gasteiger partial charge on any atom is 0.315 e. The molecule has 25 heavy (non-hydrogen) atoms. The van der Waals surface area contributed by atoms with Gasteiger partial charge < -0.3 is 25.8 Å². The van der Waals surface area contributed by atoms with E-state index in [1.54, 1.807) is 0 Å². The summed E-state index contributed by atoms with van der Waals surface area (Å²) in [5.74, 6) is 0.349. The van der Waals surface area contributed by atoms with Crippen molar-refractivity contribution in [1.82, 2.24) is 16.0 Å². The first-order chi connectivity index (χ1) is 12.0. The molecule has 0 radical (unpaired) electrons. The van der Waals surface area contributed by atoms with E-state index in [1.807, 2.05) is 13.8 Å². The maximum absolute atomic E-state index is 12.0. The third-order valence-corrected chi connectivity index (χ3v) is 5.02. The number of hydrogen-bond acceptors (Lipinski definition) is 4. The second-order valence-corrected chi connectivity index (χ2v) is 7.50. The molecule has 2 rings (SSSR count). The van der Waals surface area contributed by atoms with E-state index in [0.29, 0.717) is 6.54 Å².